The fourth-order valence-electron chi connectivity index (χ4n) is 1.37. The van der Waals surface area contributed by atoms with E-state index in [1.165, 1.54) is 0 Å². The summed E-state index contributed by atoms with van der Waals surface area (Å²) < 4.78 is 4.94. The van der Waals surface area contributed by atoms with E-state index in [9.17, 15) is 9.59 Å². The van der Waals surface area contributed by atoms with Gasteiger partial charge in [-0.15, -0.1) is 5.73 Å². The highest BCUT2D eigenvalue weighted by atomic mass is 16.5. The Morgan fingerprint density at radius 3 is 2.44 bits per heavy atom. The molecule has 0 saturated heterocycles. The third-order valence-corrected chi connectivity index (χ3v) is 2.30. The summed E-state index contributed by atoms with van der Waals surface area (Å²) in [6.07, 6.45) is 5.59. The van der Waals surface area contributed by atoms with Gasteiger partial charge in [0.1, 0.15) is 0 Å². The molecule has 0 aliphatic heterocycles. The summed E-state index contributed by atoms with van der Waals surface area (Å²) in [5, 5.41) is 8.53. The van der Waals surface area contributed by atoms with Crippen molar-refractivity contribution in [3.05, 3.63) is 17.4 Å². The van der Waals surface area contributed by atoms with Crippen LogP contribution in [0.5, 0.6) is 0 Å². The van der Waals surface area contributed by atoms with Gasteiger partial charge in [0, 0.05) is 6.42 Å². The molecule has 0 aliphatic carbocycles. The van der Waals surface area contributed by atoms with Gasteiger partial charge in [0.25, 0.3) is 0 Å². The van der Waals surface area contributed by atoms with Crippen molar-refractivity contribution in [2.24, 2.45) is 0 Å². The van der Waals surface area contributed by atoms with E-state index >= 15 is 0 Å². The molecule has 4 heteroatoms. The zero-order valence-electron chi connectivity index (χ0n) is 11.2. The second-order valence-corrected chi connectivity index (χ2v) is 3.94. The van der Waals surface area contributed by atoms with E-state index in [4.69, 9.17) is 9.84 Å². The van der Waals surface area contributed by atoms with Gasteiger partial charge in [0.05, 0.1) is 12.2 Å². The highest BCUT2D eigenvalue weighted by Crippen LogP contribution is 2.10. The van der Waals surface area contributed by atoms with Gasteiger partial charge in [-0.3, -0.25) is 4.79 Å². The quantitative estimate of drug-likeness (QED) is 0.297. The summed E-state index contributed by atoms with van der Waals surface area (Å²) in [6.45, 7) is 4.15. The number of carbonyl (C=O) groups is 2. The average Bonchev–Trinajstić information content (AvgIpc) is 2.32. The topological polar surface area (TPSA) is 63.6 Å². The molecule has 0 fully saturated rings. The third-order valence-electron chi connectivity index (χ3n) is 2.30. The minimum atomic E-state index is -0.807. The van der Waals surface area contributed by atoms with Crippen LogP contribution in [-0.2, 0) is 14.3 Å². The molecule has 102 valence electrons. The molecule has 0 aliphatic rings. The lowest BCUT2D eigenvalue weighted by molar-refractivity contribution is -0.138. The van der Waals surface area contributed by atoms with Crippen molar-refractivity contribution in [2.75, 3.05) is 6.61 Å². The normalized spacial score (nSPS) is 9.44. The second-order valence-electron chi connectivity index (χ2n) is 3.94. The highest BCUT2D eigenvalue weighted by molar-refractivity contribution is 5.88. The molecule has 0 aromatic carbocycles. The first-order chi connectivity index (χ1) is 8.61. The van der Waals surface area contributed by atoms with E-state index in [0.29, 0.717) is 31.4 Å². The van der Waals surface area contributed by atoms with Crippen molar-refractivity contribution in [3.63, 3.8) is 0 Å². The number of carboxylic acids is 1. The predicted molar refractivity (Wildman–Crippen MR) is 69.2 cm³/mol. The van der Waals surface area contributed by atoms with Crippen LogP contribution in [0.1, 0.15) is 52.4 Å². The summed E-state index contributed by atoms with van der Waals surface area (Å²) in [5.74, 6) is -1.15. The number of hydrogen-bond donors (Lipinski definition) is 1. The van der Waals surface area contributed by atoms with Crippen LogP contribution in [0.2, 0.25) is 0 Å². The molecule has 0 bridgehead atoms. The fraction of sp³-hybridized carbons (Fsp3) is 0.643. The van der Waals surface area contributed by atoms with Gasteiger partial charge in [0.15, 0.2) is 0 Å². The van der Waals surface area contributed by atoms with Gasteiger partial charge in [0.2, 0.25) is 0 Å². The Balaban J connectivity index is 4.34. The molecule has 0 saturated carbocycles. The molecule has 0 unspecified atom stereocenters. The lowest BCUT2D eigenvalue weighted by atomic mass is 10.1. The smallest absolute Gasteiger partial charge is 0.341 e. The molecule has 0 spiro atoms. The first-order valence-corrected chi connectivity index (χ1v) is 6.44. The van der Waals surface area contributed by atoms with Crippen molar-refractivity contribution in [2.45, 2.75) is 52.4 Å². The molecule has 0 radical (unpaired) electrons. The summed E-state index contributed by atoms with van der Waals surface area (Å²) in [7, 11) is 0. The maximum absolute atomic E-state index is 11.6. The van der Waals surface area contributed by atoms with Crippen LogP contribution in [0, 0.1) is 0 Å². The molecule has 0 rings (SSSR count). The summed E-state index contributed by atoms with van der Waals surface area (Å²) in [5.41, 5.74) is 3.47. The summed E-state index contributed by atoms with van der Waals surface area (Å²) >= 11 is 0. The lowest BCUT2D eigenvalue weighted by Gasteiger charge is -2.04. The lowest BCUT2D eigenvalue weighted by Crippen LogP contribution is -2.07. The number of aliphatic carboxylic acids is 1. The number of esters is 1. The minimum Gasteiger partial charge on any atom is -0.481 e. The van der Waals surface area contributed by atoms with Gasteiger partial charge in [-0.2, -0.15) is 0 Å². The van der Waals surface area contributed by atoms with Gasteiger partial charge < -0.3 is 9.84 Å². The van der Waals surface area contributed by atoms with Gasteiger partial charge in [-0.05, 0) is 38.7 Å². The van der Waals surface area contributed by atoms with Crippen molar-refractivity contribution in [3.8, 4) is 0 Å². The molecule has 0 heterocycles. The van der Waals surface area contributed by atoms with Crippen LogP contribution in [0.15, 0.2) is 17.4 Å². The van der Waals surface area contributed by atoms with Gasteiger partial charge in [-0.25, -0.2) is 4.79 Å². The van der Waals surface area contributed by atoms with E-state index in [1.54, 1.807) is 6.92 Å². The second kappa shape index (κ2) is 10.6. The standard InChI is InChI=1S/C14H22O4/c1-3-5-6-9-12(14(17)18-4-2)10-7-8-11-13(15)16/h6H,3-5,7-8,10-11H2,1-2H3,(H,15,16). The number of carboxylic acid groups (broad SMARTS) is 1. The molecular formula is C14H22O4. The monoisotopic (exact) mass is 254 g/mol. The molecule has 0 amide bonds. The number of carbonyl (C=O) groups excluding carboxylic acids is 1. The van der Waals surface area contributed by atoms with E-state index in [-0.39, 0.29) is 12.4 Å². The molecule has 0 aromatic heterocycles. The van der Waals surface area contributed by atoms with Crippen molar-refractivity contribution < 1.29 is 19.4 Å². The molecule has 0 atom stereocenters. The fourth-order valence-corrected chi connectivity index (χ4v) is 1.37. The maximum atomic E-state index is 11.6. The van der Waals surface area contributed by atoms with Crippen molar-refractivity contribution in [1.82, 2.24) is 0 Å². The maximum Gasteiger partial charge on any atom is 0.341 e. The molecular weight excluding hydrogens is 232 g/mol. The third kappa shape index (κ3) is 8.59. The number of rotatable bonds is 9. The van der Waals surface area contributed by atoms with E-state index < -0.39 is 5.97 Å². The van der Waals surface area contributed by atoms with Crippen LogP contribution in [0.3, 0.4) is 0 Å². The first-order valence-electron chi connectivity index (χ1n) is 6.44. The van der Waals surface area contributed by atoms with Crippen LogP contribution < -0.4 is 0 Å². The SMILES string of the molecule is CCCC=C=C(CCCCC(=O)O)C(=O)OCC. The zero-order chi connectivity index (χ0) is 13.8. The first kappa shape index (κ1) is 16.5. The molecule has 18 heavy (non-hydrogen) atoms. The molecule has 4 nitrogen and oxygen atoms in total. The van der Waals surface area contributed by atoms with E-state index in [0.717, 1.165) is 12.8 Å². The summed E-state index contributed by atoms with van der Waals surface area (Å²) in [4.78, 5) is 22.0. The van der Waals surface area contributed by atoms with Crippen LogP contribution >= 0.6 is 0 Å². The zero-order valence-corrected chi connectivity index (χ0v) is 11.2. The Kier molecular flexibility index (Phi) is 9.70. The molecule has 0 aromatic rings. The minimum absolute atomic E-state index is 0.134. The molecule has 1 N–H and O–H groups in total. The van der Waals surface area contributed by atoms with Crippen LogP contribution in [0.25, 0.3) is 0 Å². The Morgan fingerprint density at radius 1 is 1.22 bits per heavy atom. The van der Waals surface area contributed by atoms with E-state index in [1.807, 2.05) is 6.08 Å². The highest BCUT2D eigenvalue weighted by Gasteiger charge is 2.09. The van der Waals surface area contributed by atoms with Crippen molar-refractivity contribution >= 4 is 11.9 Å². The predicted octanol–water partition coefficient (Wildman–Crippen LogP) is 3.08. The number of hydrogen-bond acceptors (Lipinski definition) is 3. The van der Waals surface area contributed by atoms with Gasteiger partial charge in [-0.1, -0.05) is 13.3 Å². The largest absolute Gasteiger partial charge is 0.481 e. The van der Waals surface area contributed by atoms with E-state index in [2.05, 4.69) is 12.7 Å². The van der Waals surface area contributed by atoms with Crippen LogP contribution in [-0.4, -0.2) is 23.7 Å². The Bertz CT molecular complexity index is 325. The number of ether oxygens (including phenoxy) is 1. The van der Waals surface area contributed by atoms with Crippen molar-refractivity contribution in [1.29, 1.82) is 0 Å². The number of unbranched alkanes of at least 4 members (excludes halogenated alkanes) is 2. The Morgan fingerprint density at radius 2 is 1.89 bits per heavy atom. The Labute approximate surface area is 108 Å². The Hall–Kier alpha value is -1.54. The summed E-state index contributed by atoms with van der Waals surface area (Å²) in [6, 6.07) is 0. The van der Waals surface area contributed by atoms with Gasteiger partial charge >= 0.3 is 11.9 Å². The average molecular weight is 254 g/mol. The van der Waals surface area contributed by atoms with Crippen LogP contribution in [0.4, 0.5) is 0 Å².